The number of hydrogen-bond donors (Lipinski definition) is 1. The van der Waals surface area contributed by atoms with Gasteiger partial charge in [0.25, 0.3) is 0 Å². The van der Waals surface area contributed by atoms with Crippen molar-refractivity contribution in [2.24, 2.45) is 0 Å². The summed E-state index contributed by atoms with van der Waals surface area (Å²) in [6, 6.07) is 20.0. The van der Waals surface area contributed by atoms with Gasteiger partial charge in [-0.25, -0.2) is 9.78 Å². The van der Waals surface area contributed by atoms with Crippen molar-refractivity contribution in [1.29, 1.82) is 0 Å². The van der Waals surface area contributed by atoms with Crippen molar-refractivity contribution in [3.05, 3.63) is 83.6 Å². The largest absolute Gasteiger partial charge is 0.459 e. The summed E-state index contributed by atoms with van der Waals surface area (Å²) >= 11 is 0. The van der Waals surface area contributed by atoms with Gasteiger partial charge in [0, 0.05) is 37.4 Å². The second-order valence-electron chi connectivity index (χ2n) is 8.62. The molecule has 6 heteroatoms. The maximum Gasteiger partial charge on any atom is 0.342 e. The second-order valence-corrected chi connectivity index (χ2v) is 8.62. The molecule has 0 spiro atoms. The van der Waals surface area contributed by atoms with Gasteiger partial charge in [0.2, 0.25) is 0 Å². The van der Waals surface area contributed by atoms with Crippen LogP contribution >= 0.6 is 0 Å². The first-order valence-corrected chi connectivity index (χ1v) is 11.5. The van der Waals surface area contributed by atoms with E-state index in [4.69, 9.17) is 9.47 Å². The average Bonchev–Trinajstić information content (AvgIpc) is 3.27. The zero-order valence-corrected chi connectivity index (χ0v) is 19.5. The van der Waals surface area contributed by atoms with E-state index in [-0.39, 0.29) is 18.1 Å². The molecule has 4 rings (SSSR count). The van der Waals surface area contributed by atoms with E-state index in [9.17, 15) is 4.79 Å². The Balaban J connectivity index is 1.42. The van der Waals surface area contributed by atoms with Crippen molar-refractivity contribution in [3.8, 4) is 11.5 Å². The van der Waals surface area contributed by atoms with Crippen LogP contribution in [0.1, 0.15) is 41.8 Å². The third kappa shape index (κ3) is 5.71. The molecule has 172 valence electrons. The van der Waals surface area contributed by atoms with Crippen LogP contribution in [0.5, 0.6) is 11.5 Å². The second kappa shape index (κ2) is 10.5. The molecule has 1 N–H and O–H groups in total. The van der Waals surface area contributed by atoms with Crippen LogP contribution in [0, 0.1) is 6.92 Å². The monoisotopic (exact) mass is 445 g/mol. The topological polar surface area (TPSA) is 63.7 Å². The number of pyridine rings is 1. The Hall–Kier alpha value is -3.38. The van der Waals surface area contributed by atoms with Crippen molar-refractivity contribution >= 4 is 11.8 Å². The highest BCUT2D eigenvalue weighted by atomic mass is 16.5. The molecule has 33 heavy (non-hydrogen) atoms. The summed E-state index contributed by atoms with van der Waals surface area (Å²) in [5.74, 6) is 2.07. The minimum absolute atomic E-state index is 0.170. The minimum Gasteiger partial charge on any atom is -0.459 e. The van der Waals surface area contributed by atoms with Crippen molar-refractivity contribution in [2.75, 3.05) is 18.0 Å². The first-order valence-electron chi connectivity index (χ1n) is 11.5. The van der Waals surface area contributed by atoms with Crippen LogP contribution in [-0.4, -0.2) is 36.2 Å². The number of aromatic nitrogens is 1. The van der Waals surface area contributed by atoms with E-state index in [1.54, 1.807) is 6.20 Å². The number of nitrogens with zero attached hydrogens (tertiary/aromatic N) is 2. The molecule has 1 aliphatic heterocycles. The van der Waals surface area contributed by atoms with Gasteiger partial charge >= 0.3 is 5.97 Å². The van der Waals surface area contributed by atoms with Gasteiger partial charge in [-0.1, -0.05) is 36.4 Å². The zero-order valence-electron chi connectivity index (χ0n) is 19.5. The number of para-hydroxylation sites is 2. The van der Waals surface area contributed by atoms with E-state index in [0.29, 0.717) is 17.9 Å². The molecule has 6 nitrogen and oxygen atoms in total. The standard InChI is InChI=1S/C27H31N3O3/c1-19(2)32-27(31)25-20(3)13-15-28-26(25)30-16-14-22(18-30)29-17-21-9-7-8-12-24(21)33-23-10-5-4-6-11-23/h4-13,15,19,22,29H,14,16-18H2,1-3H3. The molecule has 0 bridgehead atoms. The number of ether oxygens (including phenoxy) is 2. The summed E-state index contributed by atoms with van der Waals surface area (Å²) in [6.07, 6.45) is 2.56. The summed E-state index contributed by atoms with van der Waals surface area (Å²) in [4.78, 5) is 19.4. The number of carbonyl (C=O) groups excluding carboxylic acids is 1. The van der Waals surface area contributed by atoms with Gasteiger partial charge in [0.15, 0.2) is 0 Å². The lowest BCUT2D eigenvalue weighted by Crippen LogP contribution is -2.33. The molecule has 0 saturated carbocycles. The molecule has 2 heterocycles. The Labute approximate surface area is 195 Å². The predicted octanol–water partition coefficient (Wildman–Crippen LogP) is 5.12. The van der Waals surface area contributed by atoms with Crippen molar-refractivity contribution in [2.45, 2.75) is 45.9 Å². The molecule has 2 aromatic carbocycles. The molecule has 3 aromatic rings. The minimum atomic E-state index is -0.311. The van der Waals surface area contributed by atoms with Gasteiger partial charge in [-0.15, -0.1) is 0 Å². The van der Waals surface area contributed by atoms with E-state index >= 15 is 0 Å². The Kier molecular flexibility index (Phi) is 7.25. The number of rotatable bonds is 8. The number of hydrogen-bond acceptors (Lipinski definition) is 6. The lowest BCUT2D eigenvalue weighted by Gasteiger charge is -2.22. The fourth-order valence-electron chi connectivity index (χ4n) is 4.05. The Morgan fingerprint density at radius 1 is 1.12 bits per heavy atom. The maximum absolute atomic E-state index is 12.7. The quantitative estimate of drug-likeness (QED) is 0.486. The fraction of sp³-hybridized carbons (Fsp3) is 0.333. The fourth-order valence-corrected chi connectivity index (χ4v) is 4.05. The summed E-state index contributed by atoms with van der Waals surface area (Å²) in [5.41, 5.74) is 2.55. The molecular weight excluding hydrogens is 414 g/mol. The molecule has 0 radical (unpaired) electrons. The summed E-state index contributed by atoms with van der Waals surface area (Å²) in [6.45, 7) is 7.96. The van der Waals surface area contributed by atoms with Crippen molar-refractivity contribution in [1.82, 2.24) is 10.3 Å². The predicted molar refractivity (Wildman–Crippen MR) is 130 cm³/mol. The van der Waals surface area contributed by atoms with Crippen LogP contribution in [0.25, 0.3) is 0 Å². The molecule has 1 saturated heterocycles. The number of carbonyl (C=O) groups is 1. The Bertz CT molecular complexity index is 1080. The third-order valence-corrected chi connectivity index (χ3v) is 5.70. The number of esters is 1. The van der Waals surface area contributed by atoms with Crippen LogP contribution in [0.3, 0.4) is 0 Å². The van der Waals surface area contributed by atoms with Gasteiger partial charge in [-0.05, 0) is 57.0 Å². The van der Waals surface area contributed by atoms with Crippen molar-refractivity contribution in [3.63, 3.8) is 0 Å². The highest BCUT2D eigenvalue weighted by molar-refractivity contribution is 5.96. The van der Waals surface area contributed by atoms with Crippen LogP contribution in [0.4, 0.5) is 5.82 Å². The average molecular weight is 446 g/mol. The van der Waals surface area contributed by atoms with Gasteiger partial charge in [0.05, 0.1) is 6.10 Å². The molecule has 1 aromatic heterocycles. The number of nitrogens with one attached hydrogen (secondary N) is 1. The summed E-state index contributed by atoms with van der Waals surface area (Å²) in [5, 5.41) is 3.65. The molecule has 1 fully saturated rings. The molecule has 1 unspecified atom stereocenters. The van der Waals surface area contributed by atoms with Crippen molar-refractivity contribution < 1.29 is 14.3 Å². The van der Waals surface area contributed by atoms with E-state index in [1.165, 1.54) is 0 Å². The van der Waals surface area contributed by atoms with E-state index < -0.39 is 0 Å². The zero-order chi connectivity index (χ0) is 23.2. The van der Waals surface area contributed by atoms with E-state index in [2.05, 4.69) is 21.3 Å². The lowest BCUT2D eigenvalue weighted by molar-refractivity contribution is 0.0377. The van der Waals surface area contributed by atoms with E-state index in [0.717, 1.165) is 42.1 Å². The normalized spacial score (nSPS) is 15.6. The molecule has 0 amide bonds. The molecule has 0 aliphatic carbocycles. The van der Waals surface area contributed by atoms with Crippen LogP contribution in [0.15, 0.2) is 66.9 Å². The third-order valence-electron chi connectivity index (χ3n) is 5.70. The Morgan fingerprint density at radius 3 is 2.67 bits per heavy atom. The first-order chi connectivity index (χ1) is 16.0. The van der Waals surface area contributed by atoms with Crippen LogP contribution in [0.2, 0.25) is 0 Å². The summed E-state index contributed by atoms with van der Waals surface area (Å²) < 4.78 is 11.6. The number of anilines is 1. The molecule has 1 aliphatic rings. The van der Waals surface area contributed by atoms with Crippen LogP contribution in [-0.2, 0) is 11.3 Å². The summed E-state index contributed by atoms with van der Waals surface area (Å²) in [7, 11) is 0. The SMILES string of the molecule is Cc1ccnc(N2CCC(NCc3ccccc3Oc3ccccc3)C2)c1C(=O)OC(C)C. The molecular formula is C27H31N3O3. The molecule has 1 atom stereocenters. The highest BCUT2D eigenvalue weighted by Gasteiger charge is 2.28. The van der Waals surface area contributed by atoms with Gasteiger partial charge in [0.1, 0.15) is 22.9 Å². The maximum atomic E-state index is 12.7. The van der Waals surface area contributed by atoms with Gasteiger partial charge < -0.3 is 19.7 Å². The van der Waals surface area contributed by atoms with Crippen LogP contribution < -0.4 is 15.0 Å². The number of aryl methyl sites for hydroxylation is 1. The van der Waals surface area contributed by atoms with E-state index in [1.807, 2.05) is 75.4 Å². The smallest absolute Gasteiger partial charge is 0.342 e. The lowest BCUT2D eigenvalue weighted by atomic mass is 10.1. The van der Waals surface area contributed by atoms with Gasteiger partial charge in [-0.3, -0.25) is 0 Å². The van der Waals surface area contributed by atoms with Gasteiger partial charge in [-0.2, -0.15) is 0 Å². The number of benzene rings is 2. The Morgan fingerprint density at radius 2 is 1.88 bits per heavy atom. The first kappa shape index (κ1) is 22.8. The highest BCUT2D eigenvalue weighted by Crippen LogP contribution is 2.28.